The van der Waals surface area contributed by atoms with E-state index in [0.717, 1.165) is 39.4 Å². The van der Waals surface area contributed by atoms with E-state index in [1.165, 1.54) is 0 Å². The number of aromatic nitrogens is 2. The molecule has 6 nitrogen and oxygen atoms in total. The maximum absolute atomic E-state index is 9.75. The zero-order valence-corrected chi connectivity index (χ0v) is 14.5. The molecule has 2 aliphatic rings. The van der Waals surface area contributed by atoms with Gasteiger partial charge in [0.25, 0.3) is 0 Å². The lowest BCUT2D eigenvalue weighted by atomic mass is 9.83. The second kappa shape index (κ2) is 5.64. The summed E-state index contributed by atoms with van der Waals surface area (Å²) in [7, 11) is 0. The van der Waals surface area contributed by atoms with Crippen LogP contribution in [0.4, 0.5) is 0 Å². The first-order valence-corrected chi connectivity index (χ1v) is 9.09. The maximum atomic E-state index is 9.75. The molecule has 1 unspecified atom stereocenters. The molecular weight excluding hydrogens is 348 g/mol. The smallest absolute Gasteiger partial charge is 0.244 e. The molecule has 0 saturated heterocycles. The van der Waals surface area contributed by atoms with Crippen molar-refractivity contribution < 1.29 is 9.47 Å². The average Bonchev–Trinajstić information content (AvgIpc) is 3.39. The van der Waals surface area contributed by atoms with Gasteiger partial charge in [0, 0.05) is 6.42 Å². The Hall–Kier alpha value is -3.24. The number of thiophene rings is 1. The Balaban J connectivity index is 1.73. The molecule has 5 rings (SSSR count). The van der Waals surface area contributed by atoms with Gasteiger partial charge in [0.15, 0.2) is 0 Å². The highest BCUT2D eigenvalue weighted by molar-refractivity contribution is 7.13. The van der Waals surface area contributed by atoms with Gasteiger partial charge in [-0.1, -0.05) is 18.2 Å². The van der Waals surface area contributed by atoms with Gasteiger partial charge in [-0.15, -0.1) is 16.4 Å². The number of H-pyrrole nitrogens is 1. The topological polar surface area (TPSA) is 97.0 Å². The Morgan fingerprint density at radius 2 is 2.27 bits per heavy atom. The number of hydrogen-bond acceptors (Lipinski definition) is 6. The van der Waals surface area contributed by atoms with Crippen molar-refractivity contribution in [1.82, 2.24) is 10.2 Å². The molecule has 3 N–H and O–H groups in total. The molecule has 0 bridgehead atoms. The van der Waals surface area contributed by atoms with E-state index in [0.29, 0.717) is 18.1 Å². The Bertz CT molecular complexity index is 1080. The first-order chi connectivity index (χ1) is 12.8. The Labute approximate surface area is 153 Å². The van der Waals surface area contributed by atoms with Gasteiger partial charge >= 0.3 is 0 Å². The van der Waals surface area contributed by atoms with Gasteiger partial charge in [0.1, 0.15) is 17.4 Å². The van der Waals surface area contributed by atoms with Gasteiger partial charge in [-0.3, -0.25) is 5.10 Å². The molecule has 0 amide bonds. The van der Waals surface area contributed by atoms with Crippen LogP contribution in [-0.4, -0.2) is 16.8 Å². The van der Waals surface area contributed by atoms with E-state index in [9.17, 15) is 5.26 Å². The second-order valence-corrected chi connectivity index (χ2v) is 7.13. The van der Waals surface area contributed by atoms with Crippen molar-refractivity contribution in [1.29, 1.82) is 5.26 Å². The fraction of sp³-hybridized carbons (Fsp3) is 0.158. The number of ether oxygens (including phenoxy) is 2. The highest BCUT2D eigenvalue weighted by Gasteiger charge is 2.36. The molecule has 128 valence electrons. The summed E-state index contributed by atoms with van der Waals surface area (Å²) in [4.78, 5) is 1.04. The van der Waals surface area contributed by atoms with E-state index in [1.54, 1.807) is 11.3 Å². The third-order valence-electron chi connectivity index (χ3n) is 4.75. The van der Waals surface area contributed by atoms with Gasteiger partial charge in [0.05, 0.1) is 28.7 Å². The zero-order valence-electron chi connectivity index (χ0n) is 13.7. The van der Waals surface area contributed by atoms with Crippen molar-refractivity contribution in [2.24, 2.45) is 5.73 Å². The zero-order chi connectivity index (χ0) is 17.7. The van der Waals surface area contributed by atoms with E-state index in [1.807, 2.05) is 29.6 Å². The molecule has 4 heterocycles. The Kier molecular flexibility index (Phi) is 3.27. The monoisotopic (exact) mass is 362 g/mol. The van der Waals surface area contributed by atoms with Crippen LogP contribution in [0.5, 0.6) is 11.6 Å². The number of nitrogens with zero attached hydrogens (tertiary/aromatic N) is 2. The normalized spacial score (nSPS) is 17.9. The number of fused-ring (bicyclic) bond motifs is 2. The molecule has 3 aromatic rings. The third kappa shape index (κ3) is 2.13. The lowest BCUT2D eigenvalue weighted by Gasteiger charge is -2.24. The van der Waals surface area contributed by atoms with Crippen LogP contribution in [0.1, 0.15) is 22.6 Å². The molecule has 0 fully saturated rings. The van der Waals surface area contributed by atoms with Crippen LogP contribution < -0.4 is 15.2 Å². The van der Waals surface area contributed by atoms with E-state index in [-0.39, 0.29) is 11.8 Å². The molecule has 26 heavy (non-hydrogen) atoms. The van der Waals surface area contributed by atoms with Crippen LogP contribution in [0.3, 0.4) is 0 Å². The lowest BCUT2D eigenvalue weighted by molar-refractivity contribution is 0.357. The van der Waals surface area contributed by atoms with Gasteiger partial charge < -0.3 is 15.2 Å². The predicted octanol–water partition coefficient (Wildman–Crippen LogP) is 3.29. The van der Waals surface area contributed by atoms with Crippen molar-refractivity contribution >= 4 is 11.3 Å². The molecule has 7 heteroatoms. The summed E-state index contributed by atoms with van der Waals surface area (Å²) in [6, 6.07) is 12.3. The highest BCUT2D eigenvalue weighted by Crippen LogP contribution is 2.47. The van der Waals surface area contributed by atoms with E-state index >= 15 is 0 Å². The third-order valence-corrected chi connectivity index (χ3v) is 5.64. The van der Waals surface area contributed by atoms with Crippen LogP contribution in [0, 0.1) is 11.3 Å². The number of nitriles is 1. The van der Waals surface area contributed by atoms with Crippen LogP contribution in [0.25, 0.3) is 10.6 Å². The van der Waals surface area contributed by atoms with Crippen LogP contribution >= 0.6 is 11.3 Å². The molecule has 1 aromatic carbocycles. The summed E-state index contributed by atoms with van der Waals surface area (Å²) in [5, 5.41) is 19.1. The van der Waals surface area contributed by atoms with Crippen molar-refractivity contribution in [3.8, 4) is 28.3 Å². The SMILES string of the molecule is N#CC1=C(N)Oc2n[nH]c(-c3cccs3)c2C1c1ccc2c(c1)CCO2. The summed E-state index contributed by atoms with van der Waals surface area (Å²) >= 11 is 1.60. The minimum absolute atomic E-state index is 0.103. The largest absolute Gasteiger partial charge is 0.493 e. The molecule has 1 atom stereocenters. The number of hydrogen-bond donors (Lipinski definition) is 2. The standard InChI is InChI=1S/C19H14N4O2S/c20-9-12-15(11-3-4-13-10(8-11)5-6-24-13)16-17(14-2-1-7-26-14)22-23-19(16)25-18(12)21/h1-4,7-8,15H,5-6,21H2,(H,22,23). The molecular formula is C19H14N4O2S. The predicted molar refractivity (Wildman–Crippen MR) is 96.8 cm³/mol. The summed E-state index contributed by atoms with van der Waals surface area (Å²) in [6.07, 6.45) is 0.865. The number of allylic oxidation sites excluding steroid dienone is 1. The fourth-order valence-electron chi connectivity index (χ4n) is 3.57. The first kappa shape index (κ1) is 15.0. The van der Waals surface area contributed by atoms with Gasteiger partial charge in [-0.25, -0.2) is 0 Å². The summed E-state index contributed by atoms with van der Waals surface area (Å²) in [6.45, 7) is 0.688. The fourth-order valence-corrected chi connectivity index (χ4v) is 4.31. The number of rotatable bonds is 2. The number of aromatic amines is 1. The van der Waals surface area contributed by atoms with E-state index in [2.05, 4.69) is 22.3 Å². The molecule has 2 aromatic heterocycles. The van der Waals surface area contributed by atoms with Crippen LogP contribution in [-0.2, 0) is 6.42 Å². The summed E-state index contributed by atoms with van der Waals surface area (Å²) in [5.74, 6) is 1.10. The lowest BCUT2D eigenvalue weighted by Crippen LogP contribution is -2.21. The molecule has 0 spiro atoms. The average molecular weight is 362 g/mol. The number of benzene rings is 1. The van der Waals surface area contributed by atoms with Crippen molar-refractivity contribution in [2.75, 3.05) is 6.61 Å². The van der Waals surface area contributed by atoms with Crippen molar-refractivity contribution in [2.45, 2.75) is 12.3 Å². The first-order valence-electron chi connectivity index (χ1n) is 8.21. The van der Waals surface area contributed by atoms with Crippen LogP contribution in [0.2, 0.25) is 0 Å². The molecule has 2 aliphatic heterocycles. The molecule has 0 aliphatic carbocycles. The minimum Gasteiger partial charge on any atom is -0.493 e. The number of nitrogens with two attached hydrogens (primary N) is 1. The Morgan fingerprint density at radius 3 is 3.08 bits per heavy atom. The van der Waals surface area contributed by atoms with Crippen molar-refractivity contribution in [3.05, 3.63) is 63.9 Å². The van der Waals surface area contributed by atoms with E-state index < -0.39 is 0 Å². The van der Waals surface area contributed by atoms with Crippen LogP contribution in [0.15, 0.2) is 47.2 Å². The summed E-state index contributed by atoms with van der Waals surface area (Å²) < 4.78 is 11.2. The highest BCUT2D eigenvalue weighted by atomic mass is 32.1. The van der Waals surface area contributed by atoms with Gasteiger partial charge in [-0.05, 0) is 28.6 Å². The quantitative estimate of drug-likeness (QED) is 0.729. The Morgan fingerprint density at radius 1 is 1.35 bits per heavy atom. The molecule has 0 radical (unpaired) electrons. The second-order valence-electron chi connectivity index (χ2n) is 6.19. The number of nitrogens with one attached hydrogen (secondary N) is 1. The molecule has 0 saturated carbocycles. The minimum atomic E-state index is -0.328. The van der Waals surface area contributed by atoms with Gasteiger partial charge in [0.2, 0.25) is 11.8 Å². The van der Waals surface area contributed by atoms with Crippen molar-refractivity contribution in [3.63, 3.8) is 0 Å². The van der Waals surface area contributed by atoms with E-state index in [4.69, 9.17) is 15.2 Å². The maximum Gasteiger partial charge on any atom is 0.244 e. The summed E-state index contributed by atoms with van der Waals surface area (Å²) in [5.41, 5.74) is 10.3. The van der Waals surface area contributed by atoms with Gasteiger partial charge in [-0.2, -0.15) is 5.26 Å².